The molecule has 1 aliphatic heterocycles. The van der Waals surface area contributed by atoms with E-state index in [0.717, 1.165) is 22.2 Å². The molecule has 0 bridgehead atoms. The number of pyridine rings is 1. The van der Waals surface area contributed by atoms with Crippen LogP contribution in [0.5, 0.6) is 0 Å². The van der Waals surface area contributed by atoms with Gasteiger partial charge in [0.15, 0.2) is 0 Å². The second-order valence-electron chi connectivity index (χ2n) is 6.22. The number of hydrogen-bond donors (Lipinski definition) is 0. The van der Waals surface area contributed by atoms with Gasteiger partial charge in [-0.3, -0.25) is 4.98 Å². The van der Waals surface area contributed by atoms with Gasteiger partial charge < -0.3 is 9.64 Å². The Morgan fingerprint density at radius 1 is 1.43 bits per heavy atom. The summed E-state index contributed by atoms with van der Waals surface area (Å²) in [4.78, 5) is 18.2. The van der Waals surface area contributed by atoms with Gasteiger partial charge in [-0.1, -0.05) is 6.08 Å². The molecule has 1 aliphatic rings. The molecule has 1 aromatic heterocycles. The van der Waals surface area contributed by atoms with Crippen molar-refractivity contribution in [2.75, 3.05) is 13.1 Å². The van der Waals surface area contributed by atoms with Crippen molar-refractivity contribution in [3.8, 4) is 0 Å². The summed E-state index contributed by atoms with van der Waals surface area (Å²) in [5.74, 6) is 0. The van der Waals surface area contributed by atoms with Crippen LogP contribution in [0.25, 0.3) is 5.57 Å². The van der Waals surface area contributed by atoms with Crippen LogP contribution in [0, 0.1) is 6.92 Å². The Morgan fingerprint density at radius 3 is 2.67 bits per heavy atom. The standard InChI is InChI=1S/C16H21BrN2O2/c1-11-9-14(18-10-13(11)17)12-5-7-19(8-6-12)15(20)21-16(2,3)4/h5,9-10H,6-8H2,1-4H3. The largest absolute Gasteiger partial charge is 0.444 e. The molecule has 0 fully saturated rings. The molecule has 114 valence electrons. The lowest BCUT2D eigenvalue weighted by atomic mass is 10.0. The maximum Gasteiger partial charge on any atom is 0.410 e. The minimum atomic E-state index is -0.453. The number of amides is 1. The fraction of sp³-hybridized carbons (Fsp3) is 0.500. The lowest BCUT2D eigenvalue weighted by Crippen LogP contribution is -2.39. The third-order valence-corrected chi connectivity index (χ3v) is 4.07. The highest BCUT2D eigenvalue weighted by molar-refractivity contribution is 9.10. The van der Waals surface area contributed by atoms with E-state index in [4.69, 9.17) is 4.74 Å². The summed E-state index contributed by atoms with van der Waals surface area (Å²) in [6.07, 6.45) is 4.43. The van der Waals surface area contributed by atoms with E-state index >= 15 is 0 Å². The minimum absolute atomic E-state index is 0.252. The average molecular weight is 353 g/mol. The number of aryl methyl sites for hydroxylation is 1. The van der Waals surface area contributed by atoms with Crippen molar-refractivity contribution in [2.24, 2.45) is 0 Å². The van der Waals surface area contributed by atoms with Crippen LogP contribution in [-0.2, 0) is 4.74 Å². The van der Waals surface area contributed by atoms with Gasteiger partial charge >= 0.3 is 6.09 Å². The highest BCUT2D eigenvalue weighted by atomic mass is 79.9. The second kappa shape index (κ2) is 6.18. The number of rotatable bonds is 1. The van der Waals surface area contributed by atoms with Gasteiger partial charge in [0, 0.05) is 23.8 Å². The summed E-state index contributed by atoms with van der Waals surface area (Å²) in [5, 5.41) is 0. The minimum Gasteiger partial charge on any atom is -0.444 e. The third kappa shape index (κ3) is 4.30. The van der Waals surface area contributed by atoms with E-state index in [1.165, 1.54) is 5.57 Å². The van der Waals surface area contributed by atoms with Crippen LogP contribution < -0.4 is 0 Å². The Labute approximate surface area is 134 Å². The van der Waals surface area contributed by atoms with Gasteiger partial charge in [-0.15, -0.1) is 0 Å². The molecule has 2 heterocycles. The number of aromatic nitrogens is 1. The van der Waals surface area contributed by atoms with Crippen molar-refractivity contribution < 1.29 is 9.53 Å². The van der Waals surface area contributed by atoms with Gasteiger partial charge in [-0.2, -0.15) is 0 Å². The Kier molecular flexibility index (Phi) is 4.71. The second-order valence-corrected chi connectivity index (χ2v) is 7.08. The van der Waals surface area contributed by atoms with Gasteiger partial charge in [-0.05, 0) is 67.2 Å². The molecule has 0 spiro atoms. The number of carbonyl (C=O) groups excluding carboxylic acids is 1. The molecule has 0 aliphatic carbocycles. The summed E-state index contributed by atoms with van der Waals surface area (Å²) >= 11 is 3.46. The van der Waals surface area contributed by atoms with Crippen molar-refractivity contribution in [1.29, 1.82) is 0 Å². The van der Waals surface area contributed by atoms with E-state index in [9.17, 15) is 4.79 Å². The van der Waals surface area contributed by atoms with Gasteiger partial charge in [0.05, 0.1) is 5.69 Å². The van der Waals surface area contributed by atoms with Crippen LogP contribution in [0.2, 0.25) is 0 Å². The third-order valence-electron chi connectivity index (χ3n) is 3.24. The number of halogens is 1. The molecule has 4 nitrogen and oxygen atoms in total. The van der Waals surface area contributed by atoms with Crippen molar-refractivity contribution in [3.05, 3.63) is 34.1 Å². The average Bonchev–Trinajstić information content (AvgIpc) is 2.40. The Bertz CT molecular complexity index is 576. The molecule has 0 saturated heterocycles. The normalized spacial score (nSPS) is 15.7. The van der Waals surface area contributed by atoms with Crippen molar-refractivity contribution in [1.82, 2.24) is 9.88 Å². The number of hydrogen-bond acceptors (Lipinski definition) is 3. The first-order chi connectivity index (χ1) is 9.76. The highest BCUT2D eigenvalue weighted by Gasteiger charge is 2.24. The molecule has 21 heavy (non-hydrogen) atoms. The Morgan fingerprint density at radius 2 is 2.14 bits per heavy atom. The predicted molar refractivity (Wildman–Crippen MR) is 87.1 cm³/mol. The molecule has 0 aromatic carbocycles. The van der Waals surface area contributed by atoms with Crippen molar-refractivity contribution >= 4 is 27.6 Å². The molecule has 1 aromatic rings. The molecule has 0 radical (unpaired) electrons. The van der Waals surface area contributed by atoms with Gasteiger partial charge in [0.2, 0.25) is 0 Å². The van der Waals surface area contributed by atoms with Gasteiger partial charge in [-0.25, -0.2) is 4.79 Å². The van der Waals surface area contributed by atoms with Crippen LogP contribution >= 0.6 is 15.9 Å². The maximum atomic E-state index is 12.0. The summed E-state index contributed by atoms with van der Waals surface area (Å²) in [7, 11) is 0. The fourth-order valence-electron chi connectivity index (χ4n) is 2.11. The maximum absolute atomic E-state index is 12.0. The number of carbonyl (C=O) groups is 1. The van der Waals surface area contributed by atoms with Crippen molar-refractivity contribution in [2.45, 2.75) is 39.7 Å². The first-order valence-corrected chi connectivity index (χ1v) is 7.85. The summed E-state index contributed by atoms with van der Waals surface area (Å²) in [6.45, 7) is 8.92. The molecule has 0 atom stereocenters. The zero-order chi connectivity index (χ0) is 15.6. The van der Waals surface area contributed by atoms with Gasteiger partial charge in [0.25, 0.3) is 0 Å². The lowest BCUT2D eigenvalue weighted by molar-refractivity contribution is 0.0270. The lowest BCUT2D eigenvalue weighted by Gasteiger charge is -2.29. The molecular weight excluding hydrogens is 332 g/mol. The topological polar surface area (TPSA) is 42.4 Å². The first kappa shape index (κ1) is 16.0. The molecule has 0 saturated carbocycles. The van der Waals surface area contributed by atoms with E-state index in [1.807, 2.05) is 33.9 Å². The Balaban J connectivity index is 2.05. The van der Waals surface area contributed by atoms with Gasteiger partial charge in [0.1, 0.15) is 5.60 Å². The molecule has 0 unspecified atom stereocenters. The van der Waals surface area contributed by atoms with E-state index in [-0.39, 0.29) is 6.09 Å². The van der Waals surface area contributed by atoms with Crippen LogP contribution in [-0.4, -0.2) is 34.7 Å². The molecule has 1 amide bonds. The number of nitrogens with zero attached hydrogens (tertiary/aromatic N) is 2. The van der Waals surface area contributed by atoms with Crippen LogP contribution in [0.4, 0.5) is 4.79 Å². The summed E-state index contributed by atoms with van der Waals surface area (Å²) < 4.78 is 6.40. The first-order valence-electron chi connectivity index (χ1n) is 7.06. The molecule has 2 rings (SSSR count). The zero-order valence-corrected chi connectivity index (χ0v) is 14.5. The van der Waals surface area contributed by atoms with E-state index < -0.39 is 5.60 Å². The van der Waals surface area contributed by atoms with E-state index in [1.54, 1.807) is 4.90 Å². The number of ether oxygens (including phenoxy) is 1. The fourth-order valence-corrected chi connectivity index (χ4v) is 2.33. The van der Waals surface area contributed by atoms with Crippen LogP contribution in [0.15, 0.2) is 22.8 Å². The highest BCUT2D eigenvalue weighted by Crippen LogP contribution is 2.24. The zero-order valence-electron chi connectivity index (χ0n) is 12.9. The monoisotopic (exact) mass is 352 g/mol. The van der Waals surface area contributed by atoms with E-state index in [2.05, 4.69) is 33.1 Å². The van der Waals surface area contributed by atoms with E-state index in [0.29, 0.717) is 13.1 Å². The predicted octanol–water partition coefficient (Wildman–Crippen LogP) is 4.18. The smallest absolute Gasteiger partial charge is 0.410 e. The summed E-state index contributed by atoms with van der Waals surface area (Å²) in [5.41, 5.74) is 2.88. The molecule has 5 heteroatoms. The summed E-state index contributed by atoms with van der Waals surface area (Å²) in [6, 6.07) is 2.07. The van der Waals surface area contributed by atoms with Crippen LogP contribution in [0.3, 0.4) is 0 Å². The quantitative estimate of drug-likeness (QED) is 0.761. The Hall–Kier alpha value is -1.36. The van der Waals surface area contributed by atoms with Crippen LogP contribution in [0.1, 0.15) is 38.4 Å². The molecule has 0 N–H and O–H groups in total. The SMILES string of the molecule is Cc1cc(C2=CCN(C(=O)OC(C)(C)C)CC2)ncc1Br. The molecular formula is C16H21BrN2O2. The van der Waals surface area contributed by atoms with Crippen molar-refractivity contribution in [3.63, 3.8) is 0 Å².